The van der Waals surface area contributed by atoms with Crippen LogP contribution in [0.25, 0.3) is 0 Å². The molecule has 21 heavy (non-hydrogen) atoms. The Morgan fingerprint density at radius 2 is 2.05 bits per heavy atom. The molecule has 0 aliphatic rings. The highest BCUT2D eigenvalue weighted by Crippen LogP contribution is 2.20. The van der Waals surface area contributed by atoms with Gasteiger partial charge in [0.2, 0.25) is 10.0 Å². The number of benzene rings is 1. The number of nitrogens with one attached hydrogen (secondary N) is 2. The normalized spacial score (nSPS) is 11.7. The molecule has 1 aromatic carbocycles. The molecule has 0 saturated heterocycles. The van der Waals surface area contributed by atoms with Crippen LogP contribution in [-0.2, 0) is 23.1 Å². The Labute approximate surface area is 129 Å². The number of sulfonamides is 1. The fourth-order valence-electron chi connectivity index (χ4n) is 1.78. The van der Waals surface area contributed by atoms with Crippen LogP contribution in [0.4, 0.5) is 0 Å². The predicted molar refractivity (Wildman–Crippen MR) is 81.6 cm³/mol. The first kappa shape index (κ1) is 16.0. The third-order valence-electron chi connectivity index (χ3n) is 2.91. The standard InChI is InChI=1S/C14H17ClN2O3S/c1-2-16-9-11-8-13(5-6-14(11)15)21(18,19)17-10-12-4-3-7-20-12/h3-8,16-17H,2,9-10H2,1H3. The van der Waals surface area contributed by atoms with Crippen molar-refractivity contribution >= 4 is 21.6 Å². The average Bonchev–Trinajstić information content (AvgIpc) is 2.97. The zero-order chi connectivity index (χ0) is 15.3. The highest BCUT2D eigenvalue weighted by Gasteiger charge is 2.16. The summed E-state index contributed by atoms with van der Waals surface area (Å²) >= 11 is 6.07. The van der Waals surface area contributed by atoms with Crippen LogP contribution in [0.2, 0.25) is 5.02 Å². The molecular formula is C14H17ClN2O3S. The Balaban J connectivity index is 2.15. The number of hydrogen-bond donors (Lipinski definition) is 2. The van der Waals surface area contributed by atoms with E-state index in [2.05, 4.69) is 10.0 Å². The molecule has 0 amide bonds. The Bertz CT molecular complexity index is 684. The molecule has 0 aliphatic heterocycles. The Morgan fingerprint density at radius 1 is 1.24 bits per heavy atom. The number of halogens is 1. The van der Waals surface area contributed by atoms with Gasteiger partial charge >= 0.3 is 0 Å². The molecule has 5 nitrogen and oxygen atoms in total. The SMILES string of the molecule is CCNCc1cc(S(=O)(=O)NCc2ccco2)ccc1Cl. The summed E-state index contributed by atoms with van der Waals surface area (Å²) in [7, 11) is -3.60. The maximum atomic E-state index is 12.2. The molecule has 2 N–H and O–H groups in total. The summed E-state index contributed by atoms with van der Waals surface area (Å²) in [6.45, 7) is 3.39. The zero-order valence-electron chi connectivity index (χ0n) is 11.6. The fourth-order valence-corrected chi connectivity index (χ4v) is 3.00. The summed E-state index contributed by atoms with van der Waals surface area (Å²) in [5, 5.41) is 3.67. The molecular weight excluding hydrogens is 312 g/mol. The van der Waals surface area contributed by atoms with E-state index in [-0.39, 0.29) is 11.4 Å². The van der Waals surface area contributed by atoms with Crippen molar-refractivity contribution in [1.82, 2.24) is 10.0 Å². The molecule has 2 rings (SSSR count). The highest BCUT2D eigenvalue weighted by atomic mass is 35.5. The van der Waals surface area contributed by atoms with Crippen LogP contribution in [0.5, 0.6) is 0 Å². The van der Waals surface area contributed by atoms with E-state index in [4.69, 9.17) is 16.0 Å². The van der Waals surface area contributed by atoms with Crippen molar-refractivity contribution in [2.45, 2.75) is 24.9 Å². The number of hydrogen-bond acceptors (Lipinski definition) is 4. The van der Waals surface area contributed by atoms with E-state index < -0.39 is 10.0 Å². The van der Waals surface area contributed by atoms with E-state index in [0.717, 1.165) is 12.1 Å². The lowest BCUT2D eigenvalue weighted by atomic mass is 10.2. The molecule has 7 heteroatoms. The van der Waals surface area contributed by atoms with Gasteiger partial charge in [0, 0.05) is 11.6 Å². The molecule has 114 valence electrons. The molecule has 0 bridgehead atoms. The summed E-state index contributed by atoms with van der Waals surface area (Å²) in [5.41, 5.74) is 0.749. The van der Waals surface area contributed by atoms with Crippen LogP contribution in [0.3, 0.4) is 0 Å². The van der Waals surface area contributed by atoms with Crippen molar-refractivity contribution in [2.24, 2.45) is 0 Å². The van der Waals surface area contributed by atoms with Gasteiger partial charge in [0.15, 0.2) is 0 Å². The number of furan rings is 1. The summed E-state index contributed by atoms with van der Waals surface area (Å²) in [6.07, 6.45) is 1.50. The second-order valence-electron chi connectivity index (χ2n) is 4.44. The molecule has 0 aliphatic carbocycles. The number of rotatable bonds is 7. The van der Waals surface area contributed by atoms with Crippen molar-refractivity contribution in [3.63, 3.8) is 0 Å². The first-order chi connectivity index (χ1) is 10.0. The first-order valence-electron chi connectivity index (χ1n) is 6.54. The monoisotopic (exact) mass is 328 g/mol. The van der Waals surface area contributed by atoms with E-state index in [1.165, 1.54) is 12.3 Å². The van der Waals surface area contributed by atoms with Gasteiger partial charge in [0.25, 0.3) is 0 Å². The maximum absolute atomic E-state index is 12.2. The second-order valence-corrected chi connectivity index (χ2v) is 6.61. The van der Waals surface area contributed by atoms with Gasteiger partial charge in [-0.05, 0) is 42.4 Å². The fraction of sp³-hybridized carbons (Fsp3) is 0.286. The van der Waals surface area contributed by atoms with E-state index in [1.807, 2.05) is 6.92 Å². The minimum atomic E-state index is -3.60. The topological polar surface area (TPSA) is 71.3 Å². The Morgan fingerprint density at radius 3 is 2.71 bits per heavy atom. The van der Waals surface area contributed by atoms with Crippen LogP contribution in [-0.4, -0.2) is 15.0 Å². The molecule has 0 unspecified atom stereocenters. The van der Waals surface area contributed by atoms with Crippen molar-refractivity contribution in [3.05, 3.63) is 52.9 Å². The summed E-state index contributed by atoms with van der Waals surface area (Å²) in [4.78, 5) is 0.186. The molecule has 0 spiro atoms. The van der Waals surface area contributed by atoms with Crippen LogP contribution >= 0.6 is 11.6 Å². The molecule has 0 saturated carbocycles. The highest BCUT2D eigenvalue weighted by molar-refractivity contribution is 7.89. The van der Waals surface area contributed by atoms with E-state index in [9.17, 15) is 8.42 Å². The molecule has 0 fully saturated rings. The van der Waals surface area contributed by atoms with Crippen molar-refractivity contribution < 1.29 is 12.8 Å². The van der Waals surface area contributed by atoms with Gasteiger partial charge < -0.3 is 9.73 Å². The smallest absolute Gasteiger partial charge is 0.240 e. The van der Waals surface area contributed by atoms with Gasteiger partial charge in [0.1, 0.15) is 5.76 Å². The molecule has 1 heterocycles. The quantitative estimate of drug-likeness (QED) is 0.819. The van der Waals surface area contributed by atoms with Gasteiger partial charge in [0.05, 0.1) is 17.7 Å². The third kappa shape index (κ3) is 4.31. The summed E-state index contributed by atoms with van der Waals surface area (Å²) < 4.78 is 32.1. The largest absolute Gasteiger partial charge is 0.468 e. The van der Waals surface area contributed by atoms with Gasteiger partial charge in [-0.25, -0.2) is 13.1 Å². The van der Waals surface area contributed by atoms with Crippen LogP contribution in [0.15, 0.2) is 45.9 Å². The lowest BCUT2D eigenvalue weighted by Crippen LogP contribution is -2.23. The summed E-state index contributed by atoms with van der Waals surface area (Å²) in [6, 6.07) is 8.08. The molecule has 2 aromatic rings. The van der Waals surface area contributed by atoms with Gasteiger partial charge in [-0.1, -0.05) is 18.5 Å². The lowest BCUT2D eigenvalue weighted by Gasteiger charge is -2.09. The zero-order valence-corrected chi connectivity index (χ0v) is 13.2. The average molecular weight is 329 g/mol. The third-order valence-corrected chi connectivity index (χ3v) is 4.68. The van der Waals surface area contributed by atoms with E-state index in [1.54, 1.807) is 24.3 Å². The van der Waals surface area contributed by atoms with Crippen LogP contribution in [0, 0.1) is 0 Å². The molecule has 0 radical (unpaired) electrons. The van der Waals surface area contributed by atoms with Crippen LogP contribution < -0.4 is 10.0 Å². The van der Waals surface area contributed by atoms with Crippen molar-refractivity contribution in [3.8, 4) is 0 Å². The summed E-state index contributed by atoms with van der Waals surface area (Å²) in [5.74, 6) is 0.556. The van der Waals surface area contributed by atoms with E-state index >= 15 is 0 Å². The predicted octanol–water partition coefficient (Wildman–Crippen LogP) is 2.52. The minimum absolute atomic E-state index is 0.112. The maximum Gasteiger partial charge on any atom is 0.240 e. The molecule has 0 atom stereocenters. The van der Waals surface area contributed by atoms with Gasteiger partial charge in [-0.3, -0.25) is 0 Å². The Kier molecular flexibility index (Phi) is 5.41. The Hall–Kier alpha value is -1.34. The van der Waals surface area contributed by atoms with Gasteiger partial charge in [-0.15, -0.1) is 0 Å². The molecule has 1 aromatic heterocycles. The van der Waals surface area contributed by atoms with E-state index in [0.29, 0.717) is 17.3 Å². The van der Waals surface area contributed by atoms with Crippen molar-refractivity contribution in [1.29, 1.82) is 0 Å². The lowest BCUT2D eigenvalue weighted by molar-refractivity contribution is 0.498. The second kappa shape index (κ2) is 7.09. The van der Waals surface area contributed by atoms with Gasteiger partial charge in [-0.2, -0.15) is 0 Å². The minimum Gasteiger partial charge on any atom is -0.468 e. The van der Waals surface area contributed by atoms with Crippen LogP contribution in [0.1, 0.15) is 18.2 Å². The van der Waals surface area contributed by atoms with Crippen molar-refractivity contribution in [2.75, 3.05) is 6.54 Å². The first-order valence-corrected chi connectivity index (χ1v) is 8.40.